The molecule has 0 aliphatic carbocycles. The molecule has 1 saturated heterocycles. The van der Waals surface area contributed by atoms with Gasteiger partial charge in [0.2, 0.25) is 0 Å². The van der Waals surface area contributed by atoms with Gasteiger partial charge in [0.15, 0.2) is 0 Å². The molecule has 26 heavy (non-hydrogen) atoms. The Balaban J connectivity index is 1.58. The predicted octanol–water partition coefficient (Wildman–Crippen LogP) is 2.88. The van der Waals surface area contributed by atoms with Crippen molar-refractivity contribution in [3.05, 3.63) is 82.4 Å². The second kappa shape index (κ2) is 7.81. The molecule has 5 nitrogen and oxygen atoms in total. The number of aromatic nitrogens is 2. The summed E-state index contributed by atoms with van der Waals surface area (Å²) in [5.41, 5.74) is 2.70. The number of benzene rings is 1. The zero-order valence-electron chi connectivity index (χ0n) is 14.8. The van der Waals surface area contributed by atoms with Crippen molar-refractivity contribution in [3.8, 4) is 0 Å². The molecule has 3 heterocycles. The lowest BCUT2D eigenvalue weighted by molar-refractivity contribution is 0.0675. The van der Waals surface area contributed by atoms with Gasteiger partial charge in [-0.1, -0.05) is 36.4 Å². The minimum Gasteiger partial charge on any atom is -0.377 e. The molecule has 0 spiro atoms. The maximum atomic E-state index is 12.4. The van der Waals surface area contributed by atoms with Gasteiger partial charge in [-0.2, -0.15) is 0 Å². The zero-order valence-corrected chi connectivity index (χ0v) is 14.8. The largest absolute Gasteiger partial charge is 0.377 e. The molecular weight excluding hydrogens is 326 g/mol. The Morgan fingerprint density at radius 3 is 2.77 bits per heavy atom. The first kappa shape index (κ1) is 16.9. The van der Waals surface area contributed by atoms with Gasteiger partial charge in [0.05, 0.1) is 11.8 Å². The first-order chi connectivity index (χ1) is 12.8. The molecule has 0 saturated carbocycles. The number of fused-ring (bicyclic) bond motifs is 1. The van der Waals surface area contributed by atoms with Crippen LogP contribution in [0.4, 0.5) is 0 Å². The Morgan fingerprint density at radius 1 is 1.12 bits per heavy atom. The van der Waals surface area contributed by atoms with E-state index >= 15 is 0 Å². The number of nitrogens with zero attached hydrogens (tertiary/aromatic N) is 3. The number of hydrogen-bond acceptors (Lipinski definition) is 4. The van der Waals surface area contributed by atoms with Gasteiger partial charge < -0.3 is 4.74 Å². The minimum absolute atomic E-state index is 0.0395. The summed E-state index contributed by atoms with van der Waals surface area (Å²) in [7, 11) is 0. The number of rotatable bonds is 6. The smallest absolute Gasteiger partial charge is 0.258 e. The predicted molar refractivity (Wildman–Crippen MR) is 101 cm³/mol. The van der Waals surface area contributed by atoms with Crippen LogP contribution in [0.3, 0.4) is 0 Å². The fourth-order valence-electron chi connectivity index (χ4n) is 3.52. The summed E-state index contributed by atoms with van der Waals surface area (Å²) in [6, 6.07) is 17.7. The SMILES string of the molecule is O=c1cc(CN(Cc2ccccc2)CC2CCCO2)nc2ccccn12. The molecule has 4 rings (SSSR count). The summed E-state index contributed by atoms with van der Waals surface area (Å²) in [6.45, 7) is 3.15. The molecule has 134 valence electrons. The normalized spacial score (nSPS) is 17.2. The van der Waals surface area contributed by atoms with E-state index in [0.717, 1.165) is 38.2 Å². The summed E-state index contributed by atoms with van der Waals surface area (Å²) in [5.74, 6) is 0. The first-order valence-corrected chi connectivity index (χ1v) is 9.13. The molecular formula is C21H23N3O2. The van der Waals surface area contributed by atoms with E-state index in [1.807, 2.05) is 24.3 Å². The molecule has 2 aromatic heterocycles. The van der Waals surface area contributed by atoms with Crippen molar-refractivity contribution in [2.45, 2.75) is 32.0 Å². The van der Waals surface area contributed by atoms with Crippen LogP contribution in [-0.4, -0.2) is 33.5 Å². The van der Waals surface area contributed by atoms with Crippen LogP contribution in [0.1, 0.15) is 24.1 Å². The van der Waals surface area contributed by atoms with Crippen LogP contribution >= 0.6 is 0 Å². The maximum absolute atomic E-state index is 12.4. The summed E-state index contributed by atoms with van der Waals surface area (Å²) >= 11 is 0. The molecule has 0 radical (unpaired) electrons. The molecule has 1 aromatic carbocycles. The zero-order chi connectivity index (χ0) is 17.8. The quantitative estimate of drug-likeness (QED) is 0.687. The molecule has 0 N–H and O–H groups in total. The topological polar surface area (TPSA) is 46.8 Å². The Morgan fingerprint density at radius 2 is 1.96 bits per heavy atom. The van der Waals surface area contributed by atoms with Crippen molar-refractivity contribution >= 4 is 5.65 Å². The van der Waals surface area contributed by atoms with Gasteiger partial charge in [-0.15, -0.1) is 0 Å². The highest BCUT2D eigenvalue weighted by Crippen LogP contribution is 2.16. The van der Waals surface area contributed by atoms with Gasteiger partial charge in [-0.3, -0.25) is 14.1 Å². The lowest BCUT2D eigenvalue weighted by Gasteiger charge is -2.25. The van der Waals surface area contributed by atoms with Gasteiger partial charge in [0, 0.05) is 38.5 Å². The summed E-state index contributed by atoms with van der Waals surface area (Å²) in [5, 5.41) is 0. The van der Waals surface area contributed by atoms with Crippen LogP contribution in [0.2, 0.25) is 0 Å². The van der Waals surface area contributed by atoms with Gasteiger partial charge in [-0.25, -0.2) is 4.98 Å². The van der Waals surface area contributed by atoms with Crippen LogP contribution in [0.15, 0.2) is 65.6 Å². The fraction of sp³-hybridized carbons (Fsp3) is 0.333. The highest BCUT2D eigenvalue weighted by Gasteiger charge is 2.20. The van der Waals surface area contributed by atoms with Crippen LogP contribution in [0, 0.1) is 0 Å². The van der Waals surface area contributed by atoms with Crippen molar-refractivity contribution in [1.82, 2.24) is 14.3 Å². The molecule has 1 atom stereocenters. The molecule has 0 bridgehead atoms. The fourth-order valence-corrected chi connectivity index (χ4v) is 3.52. The molecule has 1 fully saturated rings. The maximum Gasteiger partial charge on any atom is 0.258 e. The van der Waals surface area contributed by atoms with Gasteiger partial charge in [0.1, 0.15) is 5.65 Å². The molecule has 1 aliphatic heterocycles. The van der Waals surface area contributed by atoms with Crippen molar-refractivity contribution in [2.24, 2.45) is 0 Å². The summed E-state index contributed by atoms with van der Waals surface area (Å²) in [4.78, 5) is 19.4. The highest BCUT2D eigenvalue weighted by atomic mass is 16.5. The third kappa shape index (κ3) is 4.00. The molecule has 1 unspecified atom stereocenters. The van der Waals surface area contributed by atoms with Gasteiger partial charge in [0.25, 0.3) is 5.56 Å². The van der Waals surface area contributed by atoms with E-state index in [0.29, 0.717) is 12.2 Å². The Bertz CT molecular complexity index is 917. The van der Waals surface area contributed by atoms with E-state index in [2.05, 4.69) is 34.1 Å². The van der Waals surface area contributed by atoms with E-state index in [4.69, 9.17) is 4.74 Å². The summed E-state index contributed by atoms with van der Waals surface area (Å²) in [6.07, 6.45) is 4.24. The van der Waals surface area contributed by atoms with E-state index in [-0.39, 0.29) is 11.7 Å². The van der Waals surface area contributed by atoms with E-state index < -0.39 is 0 Å². The lowest BCUT2D eigenvalue weighted by Crippen LogP contribution is -2.32. The highest BCUT2D eigenvalue weighted by molar-refractivity contribution is 5.38. The van der Waals surface area contributed by atoms with Crippen LogP contribution in [-0.2, 0) is 17.8 Å². The average molecular weight is 349 g/mol. The number of pyridine rings is 1. The second-order valence-electron chi connectivity index (χ2n) is 6.80. The number of hydrogen-bond donors (Lipinski definition) is 0. The molecule has 1 aliphatic rings. The van der Waals surface area contributed by atoms with E-state index in [1.165, 1.54) is 5.56 Å². The van der Waals surface area contributed by atoms with Crippen LogP contribution < -0.4 is 5.56 Å². The van der Waals surface area contributed by atoms with Crippen LogP contribution in [0.5, 0.6) is 0 Å². The first-order valence-electron chi connectivity index (χ1n) is 9.13. The average Bonchev–Trinajstić information content (AvgIpc) is 3.16. The monoisotopic (exact) mass is 349 g/mol. The minimum atomic E-state index is -0.0395. The Kier molecular flexibility index (Phi) is 5.09. The molecule has 5 heteroatoms. The van der Waals surface area contributed by atoms with Crippen molar-refractivity contribution in [3.63, 3.8) is 0 Å². The third-order valence-corrected chi connectivity index (χ3v) is 4.74. The van der Waals surface area contributed by atoms with E-state index in [1.54, 1.807) is 16.7 Å². The van der Waals surface area contributed by atoms with E-state index in [9.17, 15) is 4.79 Å². The van der Waals surface area contributed by atoms with Gasteiger partial charge >= 0.3 is 0 Å². The van der Waals surface area contributed by atoms with Crippen LogP contribution in [0.25, 0.3) is 5.65 Å². The second-order valence-corrected chi connectivity index (χ2v) is 6.80. The standard InChI is InChI=1S/C21H23N3O2/c25-21-13-18(22-20-10-4-5-11-24(20)21)15-23(16-19-9-6-12-26-19)14-17-7-2-1-3-8-17/h1-5,7-8,10-11,13,19H,6,9,12,14-16H2. The van der Waals surface area contributed by atoms with Crippen molar-refractivity contribution < 1.29 is 4.74 Å². The van der Waals surface area contributed by atoms with Crippen molar-refractivity contribution in [2.75, 3.05) is 13.2 Å². The molecule has 3 aromatic rings. The number of ether oxygens (including phenoxy) is 1. The third-order valence-electron chi connectivity index (χ3n) is 4.74. The molecule has 0 amide bonds. The van der Waals surface area contributed by atoms with Gasteiger partial charge in [-0.05, 0) is 30.5 Å². The van der Waals surface area contributed by atoms with Crippen molar-refractivity contribution in [1.29, 1.82) is 0 Å². The lowest BCUT2D eigenvalue weighted by atomic mass is 10.1. The Hall–Kier alpha value is -2.50. The Labute approximate surface area is 152 Å². The summed E-state index contributed by atoms with van der Waals surface area (Å²) < 4.78 is 7.40.